The van der Waals surface area contributed by atoms with Crippen molar-refractivity contribution in [1.29, 1.82) is 0 Å². The normalized spacial score (nSPS) is 24.0. The Morgan fingerprint density at radius 2 is 1.94 bits per heavy atom. The van der Waals surface area contributed by atoms with Gasteiger partial charge in [-0.25, -0.2) is 0 Å². The van der Waals surface area contributed by atoms with Crippen molar-refractivity contribution in [3.63, 3.8) is 0 Å². The Kier molecular flexibility index (Phi) is 4.55. The highest BCUT2D eigenvalue weighted by molar-refractivity contribution is 5.83. The summed E-state index contributed by atoms with van der Waals surface area (Å²) in [6, 6.07) is -0.484. The van der Waals surface area contributed by atoms with E-state index in [2.05, 4.69) is 0 Å². The molecule has 104 valence electrons. The SMILES string of the molecule is NC1CCCC1C(=O)N(CC(=O)O)CC(F)(F)F. The zero-order valence-electron chi connectivity index (χ0n) is 9.61. The van der Waals surface area contributed by atoms with Crippen LogP contribution in [0.5, 0.6) is 0 Å². The molecular formula is C10H15F3N2O3. The number of alkyl halides is 3. The number of hydrogen-bond donors (Lipinski definition) is 2. The predicted octanol–water partition coefficient (Wildman–Crippen LogP) is 0.589. The molecule has 2 atom stereocenters. The average Bonchev–Trinajstić information content (AvgIpc) is 2.59. The number of amides is 1. The molecule has 0 aliphatic heterocycles. The number of carbonyl (C=O) groups excluding carboxylic acids is 1. The maximum absolute atomic E-state index is 12.3. The third-order valence-electron chi connectivity index (χ3n) is 2.89. The molecule has 18 heavy (non-hydrogen) atoms. The molecule has 0 heterocycles. The Bertz CT molecular complexity index is 333. The lowest BCUT2D eigenvalue weighted by Crippen LogP contribution is -2.47. The van der Waals surface area contributed by atoms with Gasteiger partial charge in [-0.3, -0.25) is 9.59 Å². The predicted molar refractivity (Wildman–Crippen MR) is 55.6 cm³/mol. The third-order valence-corrected chi connectivity index (χ3v) is 2.89. The van der Waals surface area contributed by atoms with E-state index in [4.69, 9.17) is 10.8 Å². The number of aliphatic carboxylic acids is 1. The molecule has 0 bridgehead atoms. The van der Waals surface area contributed by atoms with Crippen molar-refractivity contribution in [2.24, 2.45) is 11.7 Å². The van der Waals surface area contributed by atoms with Crippen LogP contribution in [-0.2, 0) is 9.59 Å². The van der Waals surface area contributed by atoms with Crippen molar-refractivity contribution in [2.75, 3.05) is 13.1 Å². The molecule has 0 aromatic carbocycles. The summed E-state index contributed by atoms with van der Waals surface area (Å²) < 4.78 is 36.8. The molecule has 1 aliphatic carbocycles. The lowest BCUT2D eigenvalue weighted by Gasteiger charge is -2.26. The van der Waals surface area contributed by atoms with E-state index in [1.165, 1.54) is 0 Å². The minimum absolute atomic E-state index is 0.318. The molecule has 0 aromatic rings. The topological polar surface area (TPSA) is 83.6 Å². The minimum Gasteiger partial charge on any atom is -0.480 e. The fourth-order valence-corrected chi connectivity index (χ4v) is 2.12. The fourth-order valence-electron chi connectivity index (χ4n) is 2.12. The first kappa shape index (κ1) is 14.7. The van der Waals surface area contributed by atoms with Gasteiger partial charge >= 0.3 is 12.1 Å². The van der Waals surface area contributed by atoms with Crippen molar-refractivity contribution in [1.82, 2.24) is 4.90 Å². The molecule has 5 nitrogen and oxygen atoms in total. The Hall–Kier alpha value is -1.31. The van der Waals surface area contributed by atoms with Gasteiger partial charge in [0, 0.05) is 6.04 Å². The van der Waals surface area contributed by atoms with Gasteiger partial charge in [0.05, 0.1) is 5.92 Å². The molecule has 2 unspecified atom stereocenters. The molecular weight excluding hydrogens is 253 g/mol. The zero-order valence-corrected chi connectivity index (χ0v) is 9.61. The second-order valence-corrected chi connectivity index (χ2v) is 4.40. The monoisotopic (exact) mass is 268 g/mol. The number of carboxylic acid groups (broad SMARTS) is 1. The first-order valence-corrected chi connectivity index (χ1v) is 5.53. The highest BCUT2D eigenvalue weighted by Gasteiger charge is 2.39. The van der Waals surface area contributed by atoms with Gasteiger partial charge in [0.15, 0.2) is 0 Å². The number of hydrogen-bond acceptors (Lipinski definition) is 3. The van der Waals surface area contributed by atoms with Gasteiger partial charge < -0.3 is 15.7 Å². The number of nitrogens with zero attached hydrogens (tertiary/aromatic N) is 1. The van der Waals surface area contributed by atoms with Crippen molar-refractivity contribution >= 4 is 11.9 Å². The van der Waals surface area contributed by atoms with Gasteiger partial charge in [0.1, 0.15) is 13.1 Å². The molecule has 1 saturated carbocycles. The molecule has 8 heteroatoms. The van der Waals surface area contributed by atoms with Crippen LogP contribution in [0.4, 0.5) is 13.2 Å². The van der Waals surface area contributed by atoms with Gasteiger partial charge in [-0.15, -0.1) is 0 Å². The quantitative estimate of drug-likeness (QED) is 0.781. The molecule has 0 spiro atoms. The highest BCUT2D eigenvalue weighted by Crippen LogP contribution is 2.27. The number of rotatable bonds is 4. The molecule has 1 aliphatic rings. The van der Waals surface area contributed by atoms with Crippen LogP contribution >= 0.6 is 0 Å². The van der Waals surface area contributed by atoms with Crippen LogP contribution < -0.4 is 5.73 Å². The van der Waals surface area contributed by atoms with Crippen LogP contribution in [0.3, 0.4) is 0 Å². The summed E-state index contributed by atoms with van der Waals surface area (Å²) in [5.41, 5.74) is 5.64. The molecule has 0 saturated heterocycles. The van der Waals surface area contributed by atoms with Gasteiger partial charge in [-0.05, 0) is 12.8 Å². The van der Waals surface area contributed by atoms with Crippen LogP contribution in [0.1, 0.15) is 19.3 Å². The van der Waals surface area contributed by atoms with E-state index >= 15 is 0 Å². The maximum Gasteiger partial charge on any atom is 0.406 e. The summed E-state index contributed by atoms with van der Waals surface area (Å²) in [4.78, 5) is 22.7. The van der Waals surface area contributed by atoms with Crippen LogP contribution in [0.2, 0.25) is 0 Å². The van der Waals surface area contributed by atoms with Crippen molar-refractivity contribution in [3.8, 4) is 0 Å². The molecule has 0 aromatic heterocycles. The van der Waals surface area contributed by atoms with E-state index < -0.39 is 43.1 Å². The first-order chi connectivity index (χ1) is 8.20. The number of carboxylic acids is 1. The lowest BCUT2D eigenvalue weighted by atomic mass is 10.0. The summed E-state index contributed by atoms with van der Waals surface area (Å²) in [7, 11) is 0. The van der Waals surface area contributed by atoms with Gasteiger partial charge in [-0.2, -0.15) is 13.2 Å². The lowest BCUT2D eigenvalue weighted by molar-refractivity contribution is -0.168. The van der Waals surface area contributed by atoms with Crippen LogP contribution in [-0.4, -0.2) is 47.2 Å². The first-order valence-electron chi connectivity index (χ1n) is 5.53. The van der Waals surface area contributed by atoms with E-state index in [1.807, 2.05) is 0 Å². The van der Waals surface area contributed by atoms with E-state index in [9.17, 15) is 22.8 Å². The van der Waals surface area contributed by atoms with Gasteiger partial charge in [-0.1, -0.05) is 6.42 Å². The molecule has 1 amide bonds. The standard InChI is InChI=1S/C10H15F3N2O3/c11-10(12,13)5-15(4-8(16)17)9(18)6-2-1-3-7(6)14/h6-7H,1-5,14H2,(H,16,17). The van der Waals surface area contributed by atoms with E-state index in [0.717, 1.165) is 0 Å². The number of carbonyl (C=O) groups is 2. The van der Waals surface area contributed by atoms with E-state index in [-0.39, 0.29) is 0 Å². The van der Waals surface area contributed by atoms with Crippen LogP contribution in [0.15, 0.2) is 0 Å². The minimum atomic E-state index is -4.62. The summed E-state index contributed by atoms with van der Waals surface area (Å²) in [6.07, 6.45) is -2.96. The Morgan fingerprint density at radius 3 is 2.33 bits per heavy atom. The maximum atomic E-state index is 12.3. The fraction of sp³-hybridized carbons (Fsp3) is 0.800. The van der Waals surface area contributed by atoms with Gasteiger partial charge in [0.25, 0.3) is 0 Å². The van der Waals surface area contributed by atoms with Crippen molar-refractivity contribution < 1.29 is 27.9 Å². The van der Waals surface area contributed by atoms with Crippen LogP contribution in [0.25, 0.3) is 0 Å². The van der Waals surface area contributed by atoms with E-state index in [1.54, 1.807) is 0 Å². The third kappa shape index (κ3) is 4.17. The van der Waals surface area contributed by atoms with Gasteiger partial charge in [0.2, 0.25) is 5.91 Å². The van der Waals surface area contributed by atoms with Crippen molar-refractivity contribution in [3.05, 3.63) is 0 Å². The number of halogens is 3. The molecule has 0 radical (unpaired) electrons. The smallest absolute Gasteiger partial charge is 0.406 e. The molecule has 1 fully saturated rings. The second kappa shape index (κ2) is 5.55. The van der Waals surface area contributed by atoms with Crippen LogP contribution in [0, 0.1) is 5.92 Å². The Labute approximate surface area is 102 Å². The van der Waals surface area contributed by atoms with E-state index in [0.29, 0.717) is 24.2 Å². The average molecular weight is 268 g/mol. The largest absolute Gasteiger partial charge is 0.480 e. The summed E-state index contributed by atoms with van der Waals surface area (Å²) in [6.45, 7) is -2.51. The van der Waals surface area contributed by atoms with Crippen molar-refractivity contribution in [2.45, 2.75) is 31.5 Å². The summed E-state index contributed by atoms with van der Waals surface area (Å²) in [5.74, 6) is -2.99. The molecule has 1 rings (SSSR count). The Morgan fingerprint density at radius 1 is 1.33 bits per heavy atom. The summed E-state index contributed by atoms with van der Waals surface area (Å²) >= 11 is 0. The Balaban J connectivity index is 2.75. The molecule has 3 N–H and O–H groups in total. The number of nitrogens with two attached hydrogens (primary N) is 1. The zero-order chi connectivity index (χ0) is 13.9. The second-order valence-electron chi connectivity index (χ2n) is 4.40. The highest BCUT2D eigenvalue weighted by atomic mass is 19.4. The summed E-state index contributed by atoms with van der Waals surface area (Å²) in [5, 5.41) is 8.55.